The van der Waals surface area contributed by atoms with E-state index in [0.29, 0.717) is 56.3 Å². The van der Waals surface area contributed by atoms with Gasteiger partial charge in [-0.15, -0.1) is 0 Å². The molecule has 6 heteroatoms. The molecule has 4 aliphatic carbocycles. The van der Waals surface area contributed by atoms with E-state index in [1.165, 1.54) is 99.0 Å². The van der Waals surface area contributed by atoms with Crippen LogP contribution in [0.2, 0.25) is 0 Å². The molecule has 17 aromatic carbocycles. The molecule has 0 radical (unpaired) electrons. The summed E-state index contributed by atoms with van der Waals surface area (Å²) >= 11 is 0. The van der Waals surface area contributed by atoms with Crippen molar-refractivity contribution in [1.29, 1.82) is 0 Å². The van der Waals surface area contributed by atoms with Gasteiger partial charge in [-0.1, -0.05) is 379 Å². The average molecular weight is 1800 g/mol. The van der Waals surface area contributed by atoms with Crippen LogP contribution in [0.3, 0.4) is 0 Å². The lowest BCUT2D eigenvalue weighted by Crippen LogP contribution is -2.64. The lowest BCUT2D eigenvalue weighted by Gasteiger charge is -2.57. The molecule has 0 saturated carbocycles. The molecule has 0 bridgehead atoms. The van der Waals surface area contributed by atoms with E-state index in [-0.39, 0.29) is 10.8 Å². The Labute approximate surface area is 817 Å². The van der Waals surface area contributed by atoms with Crippen molar-refractivity contribution >= 4 is 94.3 Å². The fourth-order valence-electron chi connectivity index (χ4n) is 24.2. The highest BCUT2D eigenvalue weighted by Crippen LogP contribution is 2.61. The molecular formula is C132H125N3O3. The van der Waals surface area contributed by atoms with Crippen molar-refractivity contribution in [2.24, 2.45) is 23.7 Å². The summed E-state index contributed by atoms with van der Waals surface area (Å²) in [5, 5.41) is 9.56. The standard InChI is InChI=1S/C132H125N3O3/c1-91(2)84-129(85-92(3)4)121-42-24-22-40-117(121)119-72-70-115(82-124(119)129)135(116-71-73-120-118-41-23-25-43-122(118)130(86-93(5)6,87-94(7)8)125(120)83-116)110-60-46-95(47-61-110)88-136-126-45-27-26-44-123(126)127(9,10)106-56-58-107(59-57-106)128(11,131(74-28-12-29-75-131)137-89-96-48-62-108(63-49-96)133(111-66-52-98-32-14-18-36-102(98)78-111)112-67-53-99-33-15-19-37-103(99)79-112)132(76-30-13-31-77-132)138-90-97-50-64-109(65-51-97)134(113-68-54-100-34-16-20-38-104(100)80-113)114-69-55-101-35-17-21-39-105(101)81-114/h12-74,76,78-83,91-94H,75,77,84-90H2,1-11H3. The van der Waals surface area contributed by atoms with Crippen LogP contribution < -0.4 is 19.4 Å². The van der Waals surface area contributed by atoms with Crippen molar-refractivity contribution in [3.63, 3.8) is 0 Å². The van der Waals surface area contributed by atoms with Crippen molar-refractivity contribution in [2.75, 3.05) is 14.7 Å². The predicted molar refractivity (Wildman–Crippen MR) is 581 cm³/mol. The van der Waals surface area contributed by atoms with E-state index in [2.05, 4.69) is 516 Å². The van der Waals surface area contributed by atoms with E-state index in [4.69, 9.17) is 14.2 Å². The SMILES string of the molecule is CC(C)CC1(CC(C)C)c2ccccc2-c2ccc(N(c3ccc(COc4ccccc4C(C)(C)c4ccc(C(C)(C5(OCc6ccc(N(c7ccc8ccccc8c7)c7ccc8ccccc8c7)cc6)C=CC=CC5)C5(OCc6ccc(N(c7ccc8ccccc8c7)c7ccc8ccccc8c7)cc6)C=CC=CC5)cc4)cc3)c3ccc4c(c3)C(CC(C)C)(CC(C)C)c3ccccc3-4)cc21. The number of hydrogen-bond acceptors (Lipinski definition) is 6. The summed E-state index contributed by atoms with van der Waals surface area (Å²) in [7, 11) is 0. The molecule has 0 spiro atoms. The molecule has 686 valence electrons. The normalized spacial score (nSPS) is 16.5. The van der Waals surface area contributed by atoms with Crippen LogP contribution in [0, 0.1) is 23.7 Å². The highest BCUT2D eigenvalue weighted by Gasteiger charge is 2.61. The van der Waals surface area contributed by atoms with Crippen LogP contribution in [0.4, 0.5) is 51.2 Å². The fourth-order valence-corrected chi connectivity index (χ4v) is 24.2. The molecule has 21 rings (SSSR count). The molecule has 0 fully saturated rings. The van der Waals surface area contributed by atoms with Gasteiger partial charge in [-0.25, -0.2) is 0 Å². The van der Waals surface area contributed by atoms with Gasteiger partial charge in [0.2, 0.25) is 0 Å². The van der Waals surface area contributed by atoms with Crippen LogP contribution in [-0.4, -0.2) is 11.2 Å². The summed E-state index contributed by atoms with van der Waals surface area (Å²) < 4.78 is 23.1. The smallest absolute Gasteiger partial charge is 0.123 e. The first-order chi connectivity index (χ1) is 67.2. The molecule has 4 aliphatic rings. The second-order valence-electron chi connectivity index (χ2n) is 41.7. The number of ether oxygens (including phenoxy) is 3. The van der Waals surface area contributed by atoms with Gasteiger partial charge in [0.25, 0.3) is 0 Å². The van der Waals surface area contributed by atoms with Gasteiger partial charge in [-0.2, -0.15) is 0 Å². The quantitative estimate of drug-likeness (QED) is 0.0431. The Kier molecular flexibility index (Phi) is 24.5. The molecule has 0 N–H and O–H groups in total. The number of para-hydroxylation sites is 1. The van der Waals surface area contributed by atoms with Gasteiger partial charge in [-0.3, -0.25) is 0 Å². The molecular weight excluding hydrogens is 1680 g/mol. The third kappa shape index (κ3) is 16.8. The van der Waals surface area contributed by atoms with E-state index in [9.17, 15) is 0 Å². The van der Waals surface area contributed by atoms with E-state index < -0.39 is 22.0 Å². The van der Waals surface area contributed by atoms with Gasteiger partial charge in [0.05, 0.1) is 18.6 Å². The summed E-state index contributed by atoms with van der Waals surface area (Å²) in [4.78, 5) is 7.31. The lowest BCUT2D eigenvalue weighted by molar-refractivity contribution is -0.162. The molecule has 2 atom stereocenters. The predicted octanol–water partition coefficient (Wildman–Crippen LogP) is 35.5. The van der Waals surface area contributed by atoms with Crippen LogP contribution in [-0.2, 0) is 51.0 Å². The van der Waals surface area contributed by atoms with Gasteiger partial charge < -0.3 is 28.9 Å². The number of hydrogen-bond donors (Lipinski definition) is 0. The molecule has 0 aromatic heterocycles. The summed E-state index contributed by atoms with van der Waals surface area (Å²) in [6.45, 7) is 27.4. The lowest BCUT2D eigenvalue weighted by atomic mass is 9.55. The van der Waals surface area contributed by atoms with E-state index in [0.717, 1.165) is 105 Å². The van der Waals surface area contributed by atoms with Gasteiger partial charge in [-0.05, 0) is 300 Å². The highest BCUT2D eigenvalue weighted by atomic mass is 16.5. The minimum Gasteiger partial charge on any atom is -0.489 e. The van der Waals surface area contributed by atoms with Crippen molar-refractivity contribution in [2.45, 2.75) is 167 Å². The minimum absolute atomic E-state index is 0.132. The van der Waals surface area contributed by atoms with Gasteiger partial charge in [0.1, 0.15) is 23.6 Å². The summed E-state index contributed by atoms with van der Waals surface area (Å²) in [6, 6.07) is 140. The Bertz CT molecular complexity index is 6950. The number of allylic oxidation sites excluding steroid dienone is 4. The molecule has 6 nitrogen and oxygen atoms in total. The third-order valence-electron chi connectivity index (χ3n) is 30.5. The number of rotatable bonds is 31. The molecule has 0 aliphatic heterocycles. The zero-order valence-electron chi connectivity index (χ0n) is 81.7. The highest BCUT2D eigenvalue weighted by molar-refractivity contribution is 5.96. The minimum atomic E-state index is -0.958. The van der Waals surface area contributed by atoms with Crippen LogP contribution in [0.1, 0.15) is 170 Å². The van der Waals surface area contributed by atoms with Gasteiger partial charge in [0, 0.05) is 73.0 Å². The van der Waals surface area contributed by atoms with Crippen LogP contribution >= 0.6 is 0 Å². The van der Waals surface area contributed by atoms with Crippen molar-refractivity contribution in [3.8, 4) is 28.0 Å². The zero-order valence-corrected chi connectivity index (χ0v) is 81.7. The maximum absolute atomic E-state index is 7.95. The summed E-state index contributed by atoms with van der Waals surface area (Å²) in [5.74, 6) is 2.82. The molecule has 17 aromatic rings. The number of anilines is 9. The maximum Gasteiger partial charge on any atom is 0.123 e. The summed E-state index contributed by atoms with van der Waals surface area (Å²) in [5.41, 5.74) is 24.2. The van der Waals surface area contributed by atoms with Crippen molar-refractivity contribution in [3.05, 3.63) is 480 Å². The summed E-state index contributed by atoms with van der Waals surface area (Å²) in [6.07, 6.45) is 23.4. The van der Waals surface area contributed by atoms with E-state index in [1.807, 2.05) is 0 Å². The first-order valence-corrected chi connectivity index (χ1v) is 50.1. The Balaban J connectivity index is 0.616. The van der Waals surface area contributed by atoms with Crippen LogP contribution in [0.25, 0.3) is 65.3 Å². The maximum atomic E-state index is 7.95. The average Bonchev–Trinajstić information content (AvgIpc) is 1.21. The Morgan fingerprint density at radius 1 is 0.268 bits per heavy atom. The Morgan fingerprint density at radius 3 is 0.920 bits per heavy atom. The Morgan fingerprint density at radius 2 is 0.565 bits per heavy atom. The van der Waals surface area contributed by atoms with Crippen molar-refractivity contribution in [1.82, 2.24) is 0 Å². The largest absolute Gasteiger partial charge is 0.489 e. The second-order valence-corrected chi connectivity index (χ2v) is 41.7. The Hall–Kier alpha value is -14.1. The van der Waals surface area contributed by atoms with Crippen LogP contribution in [0.5, 0.6) is 5.75 Å². The third-order valence-corrected chi connectivity index (χ3v) is 30.5. The van der Waals surface area contributed by atoms with Gasteiger partial charge >= 0.3 is 0 Å². The number of benzene rings is 17. The molecule has 138 heavy (non-hydrogen) atoms. The molecule has 2 unspecified atom stereocenters. The van der Waals surface area contributed by atoms with Crippen LogP contribution in [0.15, 0.2) is 425 Å². The first kappa shape index (κ1) is 90.3. The first-order valence-electron chi connectivity index (χ1n) is 50.1. The van der Waals surface area contributed by atoms with Gasteiger partial charge in [0.15, 0.2) is 0 Å². The molecule has 0 heterocycles. The van der Waals surface area contributed by atoms with Crippen molar-refractivity contribution < 1.29 is 14.2 Å². The van der Waals surface area contributed by atoms with E-state index >= 15 is 0 Å². The van der Waals surface area contributed by atoms with E-state index in [1.54, 1.807) is 0 Å². The topological polar surface area (TPSA) is 37.4 Å². The second kappa shape index (κ2) is 37.4. The monoisotopic (exact) mass is 1800 g/mol. The fraction of sp³-hybridized carbons (Fsp3) is 0.227. The number of nitrogens with zero attached hydrogens (tertiary/aromatic N) is 3. The number of fused-ring (bicyclic) bond motifs is 10. The molecule has 0 amide bonds. The molecule has 0 saturated heterocycles. The zero-order chi connectivity index (χ0) is 94.5.